The maximum Gasteiger partial charge on any atom is 0.249 e. The molecule has 1 heterocycles. The molecule has 1 aromatic rings. The lowest BCUT2D eigenvalue weighted by atomic mass is 10.1. The van der Waals surface area contributed by atoms with Crippen molar-refractivity contribution >= 4 is 5.91 Å². The fraction of sp³-hybridized carbons (Fsp3) is 0.500. The number of carbonyl (C=O) groups is 1. The van der Waals surface area contributed by atoms with E-state index in [-0.39, 0.29) is 12.0 Å². The summed E-state index contributed by atoms with van der Waals surface area (Å²) in [6, 6.07) is 10.3. The summed E-state index contributed by atoms with van der Waals surface area (Å²) in [5.74, 6) is 0.0514. The van der Waals surface area contributed by atoms with E-state index in [1.165, 1.54) is 5.56 Å². The molecule has 3 heteroatoms. The van der Waals surface area contributed by atoms with Crippen LogP contribution in [0.4, 0.5) is 0 Å². The van der Waals surface area contributed by atoms with Crippen molar-refractivity contribution in [3.05, 3.63) is 35.9 Å². The maximum absolute atomic E-state index is 11.6. The number of aryl methyl sites for hydroxylation is 1. The van der Waals surface area contributed by atoms with Crippen molar-refractivity contribution in [1.29, 1.82) is 0 Å². The average molecular weight is 233 g/mol. The number of hydrogen-bond donors (Lipinski definition) is 1. The van der Waals surface area contributed by atoms with Crippen LogP contribution in [0, 0.1) is 0 Å². The van der Waals surface area contributed by atoms with E-state index < -0.39 is 0 Å². The van der Waals surface area contributed by atoms with Crippen LogP contribution in [0.3, 0.4) is 0 Å². The molecular weight excluding hydrogens is 214 g/mol. The van der Waals surface area contributed by atoms with E-state index in [9.17, 15) is 4.79 Å². The fourth-order valence-electron chi connectivity index (χ4n) is 2.05. The second-order valence-corrected chi connectivity index (χ2v) is 4.38. The quantitative estimate of drug-likeness (QED) is 0.789. The molecular formula is C14H19NO2. The van der Waals surface area contributed by atoms with Gasteiger partial charge in [0.05, 0.1) is 0 Å². The zero-order chi connectivity index (χ0) is 11.9. The number of benzene rings is 1. The first-order chi connectivity index (χ1) is 8.36. The molecule has 0 unspecified atom stereocenters. The monoisotopic (exact) mass is 233 g/mol. The highest BCUT2D eigenvalue weighted by Crippen LogP contribution is 2.11. The van der Waals surface area contributed by atoms with Crippen LogP contribution in [0.2, 0.25) is 0 Å². The van der Waals surface area contributed by atoms with Crippen molar-refractivity contribution in [2.75, 3.05) is 13.2 Å². The molecule has 1 fully saturated rings. The van der Waals surface area contributed by atoms with Gasteiger partial charge in [-0.1, -0.05) is 30.3 Å². The summed E-state index contributed by atoms with van der Waals surface area (Å²) in [7, 11) is 0. The lowest BCUT2D eigenvalue weighted by Crippen LogP contribution is -2.34. The van der Waals surface area contributed by atoms with Gasteiger partial charge >= 0.3 is 0 Å². The maximum atomic E-state index is 11.6. The van der Waals surface area contributed by atoms with Gasteiger partial charge < -0.3 is 10.1 Å². The van der Waals surface area contributed by atoms with E-state index in [1.807, 2.05) is 18.2 Å². The van der Waals surface area contributed by atoms with E-state index in [2.05, 4.69) is 17.4 Å². The Morgan fingerprint density at radius 1 is 1.35 bits per heavy atom. The van der Waals surface area contributed by atoms with Gasteiger partial charge in [0.2, 0.25) is 5.91 Å². The number of nitrogens with one attached hydrogen (secondary N) is 1. The van der Waals surface area contributed by atoms with Crippen LogP contribution >= 0.6 is 0 Å². The zero-order valence-electron chi connectivity index (χ0n) is 10.0. The third-order valence-electron chi connectivity index (χ3n) is 3.01. The molecule has 2 rings (SSSR count). The largest absolute Gasteiger partial charge is 0.368 e. The second-order valence-electron chi connectivity index (χ2n) is 4.38. The summed E-state index contributed by atoms with van der Waals surface area (Å²) in [6.07, 6.45) is 3.65. The van der Waals surface area contributed by atoms with Gasteiger partial charge in [0.1, 0.15) is 6.10 Å². The first-order valence-electron chi connectivity index (χ1n) is 6.29. The fourth-order valence-corrected chi connectivity index (χ4v) is 2.05. The van der Waals surface area contributed by atoms with Crippen LogP contribution in [0.15, 0.2) is 30.3 Å². The molecule has 0 spiro atoms. The van der Waals surface area contributed by atoms with Crippen molar-refractivity contribution in [2.45, 2.75) is 31.8 Å². The van der Waals surface area contributed by atoms with Gasteiger partial charge in [0.15, 0.2) is 0 Å². The minimum absolute atomic E-state index is 0.0514. The Morgan fingerprint density at radius 2 is 2.18 bits per heavy atom. The molecule has 0 saturated carbocycles. The van der Waals surface area contributed by atoms with Crippen LogP contribution in [-0.2, 0) is 16.0 Å². The molecule has 0 aromatic heterocycles. The Labute approximate surface area is 102 Å². The molecule has 1 aliphatic heterocycles. The molecule has 1 aromatic carbocycles. The van der Waals surface area contributed by atoms with E-state index in [0.717, 1.165) is 38.8 Å². The van der Waals surface area contributed by atoms with Crippen LogP contribution in [-0.4, -0.2) is 25.2 Å². The van der Waals surface area contributed by atoms with E-state index in [4.69, 9.17) is 4.74 Å². The van der Waals surface area contributed by atoms with Crippen LogP contribution in [0.1, 0.15) is 24.8 Å². The van der Waals surface area contributed by atoms with Crippen LogP contribution in [0.25, 0.3) is 0 Å². The average Bonchev–Trinajstić information content (AvgIpc) is 2.89. The molecule has 3 nitrogen and oxygen atoms in total. The third kappa shape index (κ3) is 3.86. The Balaban J connectivity index is 1.61. The van der Waals surface area contributed by atoms with Gasteiger partial charge in [-0.15, -0.1) is 0 Å². The lowest BCUT2D eigenvalue weighted by Gasteiger charge is -2.10. The molecule has 1 atom stereocenters. The SMILES string of the molecule is O=C(NCCCc1ccccc1)[C@@H]1CCCO1. The zero-order valence-corrected chi connectivity index (χ0v) is 10.0. The lowest BCUT2D eigenvalue weighted by molar-refractivity contribution is -0.130. The molecule has 1 amide bonds. The number of carbonyl (C=O) groups excluding carboxylic acids is 1. The Kier molecular flexibility index (Phi) is 4.56. The molecule has 17 heavy (non-hydrogen) atoms. The highest BCUT2D eigenvalue weighted by Gasteiger charge is 2.22. The van der Waals surface area contributed by atoms with Gasteiger partial charge in [0, 0.05) is 13.2 Å². The van der Waals surface area contributed by atoms with Gasteiger partial charge in [-0.25, -0.2) is 0 Å². The first-order valence-corrected chi connectivity index (χ1v) is 6.29. The Morgan fingerprint density at radius 3 is 2.88 bits per heavy atom. The van der Waals surface area contributed by atoms with Gasteiger partial charge in [-0.3, -0.25) is 4.79 Å². The minimum Gasteiger partial charge on any atom is -0.368 e. The molecule has 0 radical (unpaired) electrons. The highest BCUT2D eigenvalue weighted by atomic mass is 16.5. The number of ether oxygens (including phenoxy) is 1. The van der Waals surface area contributed by atoms with E-state index in [1.54, 1.807) is 0 Å². The molecule has 0 bridgehead atoms. The van der Waals surface area contributed by atoms with Gasteiger partial charge in [0.25, 0.3) is 0 Å². The summed E-state index contributed by atoms with van der Waals surface area (Å²) < 4.78 is 5.32. The van der Waals surface area contributed by atoms with Gasteiger partial charge in [-0.2, -0.15) is 0 Å². The Bertz CT molecular complexity index is 344. The van der Waals surface area contributed by atoms with Crippen LogP contribution < -0.4 is 5.32 Å². The normalized spacial score (nSPS) is 19.2. The summed E-state index contributed by atoms with van der Waals surface area (Å²) in [5.41, 5.74) is 1.32. The topological polar surface area (TPSA) is 38.3 Å². The molecule has 0 aliphatic carbocycles. The predicted octanol–water partition coefficient (Wildman–Crippen LogP) is 1.91. The summed E-state index contributed by atoms with van der Waals surface area (Å²) in [6.45, 7) is 1.45. The smallest absolute Gasteiger partial charge is 0.249 e. The molecule has 1 saturated heterocycles. The van der Waals surface area contributed by atoms with Crippen molar-refractivity contribution in [2.24, 2.45) is 0 Å². The van der Waals surface area contributed by atoms with Crippen LogP contribution in [0.5, 0.6) is 0 Å². The predicted molar refractivity (Wildman–Crippen MR) is 66.7 cm³/mol. The molecule has 92 valence electrons. The van der Waals surface area contributed by atoms with Crippen molar-refractivity contribution < 1.29 is 9.53 Å². The Hall–Kier alpha value is -1.35. The van der Waals surface area contributed by atoms with Crippen molar-refractivity contribution in [3.8, 4) is 0 Å². The number of rotatable bonds is 5. The number of hydrogen-bond acceptors (Lipinski definition) is 2. The third-order valence-corrected chi connectivity index (χ3v) is 3.01. The minimum atomic E-state index is -0.202. The highest BCUT2D eigenvalue weighted by molar-refractivity contribution is 5.80. The summed E-state index contributed by atoms with van der Waals surface area (Å²) in [4.78, 5) is 11.6. The van der Waals surface area contributed by atoms with Crippen molar-refractivity contribution in [1.82, 2.24) is 5.32 Å². The van der Waals surface area contributed by atoms with Gasteiger partial charge in [-0.05, 0) is 31.2 Å². The number of amides is 1. The van der Waals surface area contributed by atoms with Crippen molar-refractivity contribution in [3.63, 3.8) is 0 Å². The second kappa shape index (κ2) is 6.40. The standard InChI is InChI=1S/C14H19NO2/c16-14(13-9-5-11-17-13)15-10-4-8-12-6-2-1-3-7-12/h1-3,6-7,13H,4-5,8-11H2,(H,15,16)/t13-/m0/s1. The first kappa shape index (κ1) is 12.1. The molecule has 1 aliphatic rings. The van der Waals surface area contributed by atoms with E-state index >= 15 is 0 Å². The van der Waals surface area contributed by atoms with E-state index in [0.29, 0.717) is 0 Å². The summed E-state index contributed by atoms with van der Waals surface area (Å²) in [5, 5.41) is 2.93. The summed E-state index contributed by atoms with van der Waals surface area (Å²) >= 11 is 0. The molecule has 1 N–H and O–H groups in total.